The summed E-state index contributed by atoms with van der Waals surface area (Å²) in [5, 5.41) is 0. The molecule has 16 heavy (non-hydrogen) atoms. The lowest BCUT2D eigenvalue weighted by Crippen LogP contribution is -2.02. The van der Waals surface area contributed by atoms with Crippen LogP contribution in [-0.2, 0) is 9.53 Å². The van der Waals surface area contributed by atoms with Crippen LogP contribution in [0.25, 0.3) is 0 Å². The fourth-order valence-corrected chi connectivity index (χ4v) is 1.05. The molecule has 0 bridgehead atoms. The summed E-state index contributed by atoms with van der Waals surface area (Å²) in [5.74, 6) is 0.632. The largest absolute Gasteiger partial charge is 0.454 e. The van der Waals surface area contributed by atoms with Gasteiger partial charge in [-0.3, -0.25) is 4.79 Å². The van der Waals surface area contributed by atoms with Gasteiger partial charge in [-0.2, -0.15) is 0 Å². The molecule has 0 aliphatic heterocycles. The first-order valence-electron chi connectivity index (χ1n) is 5.06. The van der Waals surface area contributed by atoms with Gasteiger partial charge in [-0.25, -0.2) is 0 Å². The third kappa shape index (κ3) is 4.60. The van der Waals surface area contributed by atoms with E-state index in [9.17, 15) is 4.79 Å². The lowest BCUT2D eigenvalue weighted by Gasteiger charge is -2.10. The molecule has 0 aliphatic carbocycles. The lowest BCUT2D eigenvalue weighted by atomic mass is 10.2. The van der Waals surface area contributed by atoms with E-state index in [2.05, 4.69) is 13.2 Å². The zero-order valence-corrected chi connectivity index (χ0v) is 10.1. The highest BCUT2D eigenvalue weighted by molar-refractivity contribution is 5.91. The Morgan fingerprint density at radius 3 is 2.25 bits per heavy atom. The van der Waals surface area contributed by atoms with Gasteiger partial charge in [0.25, 0.3) is 0 Å². The second-order valence-corrected chi connectivity index (χ2v) is 3.07. The van der Waals surface area contributed by atoms with E-state index >= 15 is 0 Å². The quantitative estimate of drug-likeness (QED) is 0.386. The van der Waals surface area contributed by atoms with Crippen LogP contribution < -0.4 is 0 Å². The molecule has 0 heterocycles. The fourth-order valence-electron chi connectivity index (χ4n) is 1.05. The minimum atomic E-state index is -0.119. The topological polar surface area (TPSA) is 26.3 Å². The Hall–Kier alpha value is -1.83. The van der Waals surface area contributed by atoms with E-state index in [-0.39, 0.29) is 5.78 Å². The van der Waals surface area contributed by atoms with Crippen molar-refractivity contribution >= 4 is 5.78 Å². The number of hydrogen-bond donors (Lipinski definition) is 0. The van der Waals surface area contributed by atoms with Crippen LogP contribution in [0.3, 0.4) is 0 Å². The van der Waals surface area contributed by atoms with Crippen molar-refractivity contribution in [3.05, 3.63) is 60.6 Å². The van der Waals surface area contributed by atoms with E-state index in [1.54, 1.807) is 25.2 Å². The van der Waals surface area contributed by atoms with Crippen LogP contribution in [0.1, 0.15) is 20.8 Å². The van der Waals surface area contributed by atoms with Gasteiger partial charge in [-0.1, -0.05) is 37.5 Å². The Labute approximate surface area is 97.3 Å². The number of hydrogen-bond acceptors (Lipinski definition) is 2. The highest BCUT2D eigenvalue weighted by Gasteiger charge is 2.07. The minimum Gasteiger partial charge on any atom is -0.454 e. The molecule has 0 aromatic carbocycles. The first-order chi connectivity index (χ1) is 7.56. The van der Waals surface area contributed by atoms with Crippen LogP contribution in [0.15, 0.2) is 60.6 Å². The molecule has 86 valence electrons. The summed E-state index contributed by atoms with van der Waals surface area (Å²) >= 11 is 0. The number of carbonyl (C=O) groups excluding carboxylic acids is 1. The van der Waals surface area contributed by atoms with Crippen molar-refractivity contribution in [2.24, 2.45) is 0 Å². The second kappa shape index (κ2) is 7.46. The highest BCUT2D eigenvalue weighted by Crippen LogP contribution is 2.15. The summed E-state index contributed by atoms with van der Waals surface area (Å²) < 4.78 is 5.37. The van der Waals surface area contributed by atoms with Crippen LogP contribution >= 0.6 is 0 Å². The van der Waals surface area contributed by atoms with Crippen LogP contribution in [0.2, 0.25) is 0 Å². The molecule has 2 nitrogen and oxygen atoms in total. The standard InChI is InChI=1S/C14H18O2/c1-6-9-10-13(7-2)12(5)16-14(8-3)11(4)15/h6-10H,1,5H2,2-4H3/b10-9-,13-7+,14-8-. The first-order valence-corrected chi connectivity index (χ1v) is 5.06. The summed E-state index contributed by atoms with van der Waals surface area (Å²) in [5.41, 5.74) is 0.820. The lowest BCUT2D eigenvalue weighted by molar-refractivity contribution is -0.116. The molecular formula is C14H18O2. The zero-order valence-electron chi connectivity index (χ0n) is 10.1. The molecule has 0 rings (SSSR count). The minimum absolute atomic E-state index is 0.119. The van der Waals surface area contributed by atoms with Gasteiger partial charge >= 0.3 is 0 Å². The van der Waals surface area contributed by atoms with E-state index in [1.165, 1.54) is 6.92 Å². The van der Waals surface area contributed by atoms with E-state index < -0.39 is 0 Å². The van der Waals surface area contributed by atoms with Crippen LogP contribution in [-0.4, -0.2) is 5.78 Å². The number of carbonyl (C=O) groups is 1. The Kier molecular flexibility index (Phi) is 6.61. The molecular weight excluding hydrogens is 200 g/mol. The molecule has 0 amide bonds. The van der Waals surface area contributed by atoms with E-state index in [4.69, 9.17) is 4.74 Å². The van der Waals surface area contributed by atoms with E-state index in [1.807, 2.05) is 19.1 Å². The molecule has 0 aliphatic rings. The molecule has 0 N–H and O–H groups in total. The third-order valence-corrected chi connectivity index (χ3v) is 1.89. The van der Waals surface area contributed by atoms with Crippen LogP contribution in [0, 0.1) is 0 Å². The van der Waals surface area contributed by atoms with Crippen molar-refractivity contribution in [1.82, 2.24) is 0 Å². The molecule has 0 saturated carbocycles. The molecule has 0 fully saturated rings. The van der Waals surface area contributed by atoms with E-state index in [0.29, 0.717) is 11.5 Å². The van der Waals surface area contributed by atoms with Crippen molar-refractivity contribution < 1.29 is 9.53 Å². The molecule has 0 aromatic rings. The number of rotatable bonds is 6. The van der Waals surface area contributed by atoms with Gasteiger partial charge < -0.3 is 4.74 Å². The van der Waals surface area contributed by atoms with Crippen LogP contribution in [0.4, 0.5) is 0 Å². The van der Waals surface area contributed by atoms with Gasteiger partial charge in [0.1, 0.15) is 5.76 Å². The second-order valence-electron chi connectivity index (χ2n) is 3.07. The Balaban J connectivity index is 4.74. The average Bonchev–Trinajstić information content (AvgIpc) is 2.26. The normalized spacial score (nSPS) is 12.7. The van der Waals surface area contributed by atoms with Gasteiger partial charge in [-0.05, 0) is 19.9 Å². The Morgan fingerprint density at radius 1 is 1.25 bits per heavy atom. The summed E-state index contributed by atoms with van der Waals surface area (Å²) in [7, 11) is 0. The Morgan fingerprint density at radius 2 is 1.88 bits per heavy atom. The number of allylic oxidation sites excluding steroid dienone is 6. The van der Waals surface area contributed by atoms with Crippen molar-refractivity contribution in [2.45, 2.75) is 20.8 Å². The number of ketones is 1. The Bertz CT molecular complexity index is 368. The zero-order chi connectivity index (χ0) is 12.6. The summed E-state index contributed by atoms with van der Waals surface area (Å²) in [6, 6.07) is 0. The average molecular weight is 218 g/mol. The van der Waals surface area contributed by atoms with Gasteiger partial charge in [0.05, 0.1) is 0 Å². The maximum absolute atomic E-state index is 11.1. The van der Waals surface area contributed by atoms with Gasteiger partial charge in [-0.15, -0.1) is 0 Å². The fraction of sp³-hybridized carbons (Fsp3) is 0.214. The van der Waals surface area contributed by atoms with Crippen molar-refractivity contribution in [3.63, 3.8) is 0 Å². The SMILES string of the molecule is C=C/C=C\C(=C/C)C(=C)O/C(=C\C)C(C)=O. The smallest absolute Gasteiger partial charge is 0.194 e. The molecule has 0 aromatic heterocycles. The van der Waals surface area contributed by atoms with E-state index in [0.717, 1.165) is 5.57 Å². The maximum Gasteiger partial charge on any atom is 0.194 e. The monoisotopic (exact) mass is 218 g/mol. The number of Topliss-reactive ketones (excluding diaryl/α,β-unsaturated/α-hetero) is 1. The van der Waals surface area contributed by atoms with Gasteiger partial charge in [0.15, 0.2) is 11.5 Å². The molecule has 2 heteroatoms. The van der Waals surface area contributed by atoms with Gasteiger partial charge in [0.2, 0.25) is 0 Å². The maximum atomic E-state index is 11.1. The van der Waals surface area contributed by atoms with Crippen molar-refractivity contribution in [2.75, 3.05) is 0 Å². The number of ether oxygens (including phenoxy) is 1. The predicted molar refractivity (Wildman–Crippen MR) is 67.8 cm³/mol. The van der Waals surface area contributed by atoms with Crippen molar-refractivity contribution in [3.8, 4) is 0 Å². The third-order valence-electron chi connectivity index (χ3n) is 1.89. The van der Waals surface area contributed by atoms with Crippen molar-refractivity contribution in [1.29, 1.82) is 0 Å². The molecule has 0 radical (unpaired) electrons. The molecule has 0 atom stereocenters. The predicted octanol–water partition coefficient (Wildman–Crippen LogP) is 3.70. The molecule has 0 unspecified atom stereocenters. The highest BCUT2D eigenvalue weighted by atomic mass is 16.5. The van der Waals surface area contributed by atoms with Crippen LogP contribution in [0.5, 0.6) is 0 Å². The molecule has 0 saturated heterocycles. The first kappa shape index (κ1) is 14.2. The summed E-state index contributed by atoms with van der Waals surface area (Å²) in [6.07, 6.45) is 8.75. The molecule has 0 spiro atoms. The summed E-state index contributed by atoms with van der Waals surface area (Å²) in [4.78, 5) is 11.1. The summed E-state index contributed by atoms with van der Waals surface area (Å²) in [6.45, 7) is 12.4. The van der Waals surface area contributed by atoms with Gasteiger partial charge in [0, 0.05) is 12.5 Å².